The maximum atomic E-state index is 12.5. The molecule has 0 aliphatic rings. The maximum absolute atomic E-state index is 12.5. The van der Waals surface area contributed by atoms with Gasteiger partial charge in [0.15, 0.2) is 0 Å². The van der Waals surface area contributed by atoms with E-state index in [9.17, 15) is 4.79 Å². The van der Waals surface area contributed by atoms with Crippen molar-refractivity contribution >= 4 is 5.97 Å². The summed E-state index contributed by atoms with van der Waals surface area (Å²) in [6.45, 7) is 6.63. The molecule has 4 heteroatoms. The number of carbonyl (C=O) groups is 1. The molecule has 0 heterocycles. The number of ether oxygens (including phenoxy) is 2. The summed E-state index contributed by atoms with van der Waals surface area (Å²) >= 11 is 0. The van der Waals surface area contributed by atoms with Crippen molar-refractivity contribution in [2.75, 3.05) is 0 Å². The van der Waals surface area contributed by atoms with Crippen molar-refractivity contribution in [3.05, 3.63) is 71.8 Å². The van der Waals surface area contributed by atoms with E-state index in [1.165, 1.54) is 0 Å². The lowest BCUT2D eigenvalue weighted by molar-refractivity contribution is -0.152. The topological polar surface area (TPSA) is 47.6 Å². The van der Waals surface area contributed by atoms with E-state index in [1.54, 1.807) is 0 Å². The standard InChI is InChI=1S/C21H27NO3/c1-16(2)22-20(17(3)24-14-18-10-6-4-7-11-18)21(23)25-15-19-12-8-5-9-13-19/h4-13,16-17,20,22H,14-15H2,1-3H3. The zero-order valence-corrected chi connectivity index (χ0v) is 15.1. The molecule has 0 aliphatic heterocycles. The van der Waals surface area contributed by atoms with Crippen LogP contribution in [-0.4, -0.2) is 24.2 Å². The third-order valence-corrected chi connectivity index (χ3v) is 3.82. The molecule has 25 heavy (non-hydrogen) atoms. The highest BCUT2D eigenvalue weighted by Crippen LogP contribution is 2.10. The third-order valence-electron chi connectivity index (χ3n) is 3.82. The van der Waals surface area contributed by atoms with Crippen LogP contribution in [0, 0.1) is 0 Å². The summed E-state index contributed by atoms with van der Waals surface area (Å²) in [5.41, 5.74) is 2.05. The molecule has 0 saturated carbocycles. The lowest BCUT2D eigenvalue weighted by atomic mass is 10.1. The molecule has 0 radical (unpaired) electrons. The minimum Gasteiger partial charge on any atom is -0.460 e. The van der Waals surface area contributed by atoms with Gasteiger partial charge in [0.25, 0.3) is 0 Å². The fourth-order valence-electron chi connectivity index (χ4n) is 2.47. The van der Waals surface area contributed by atoms with Gasteiger partial charge < -0.3 is 14.8 Å². The molecule has 2 atom stereocenters. The summed E-state index contributed by atoms with van der Waals surface area (Å²) in [7, 11) is 0. The Morgan fingerprint density at radius 2 is 1.40 bits per heavy atom. The summed E-state index contributed by atoms with van der Waals surface area (Å²) in [5, 5.41) is 3.25. The van der Waals surface area contributed by atoms with Crippen molar-refractivity contribution in [2.24, 2.45) is 0 Å². The van der Waals surface area contributed by atoms with Gasteiger partial charge in [0, 0.05) is 6.04 Å². The predicted molar refractivity (Wildman–Crippen MR) is 99.0 cm³/mol. The first-order valence-electron chi connectivity index (χ1n) is 8.68. The lowest BCUT2D eigenvalue weighted by Gasteiger charge is -2.26. The van der Waals surface area contributed by atoms with Gasteiger partial charge in [0.2, 0.25) is 0 Å². The number of esters is 1. The first kappa shape index (κ1) is 19.2. The average Bonchev–Trinajstić information content (AvgIpc) is 2.64. The summed E-state index contributed by atoms with van der Waals surface area (Å²) < 4.78 is 11.4. The van der Waals surface area contributed by atoms with E-state index in [0.717, 1.165) is 11.1 Å². The van der Waals surface area contributed by atoms with Gasteiger partial charge in [0.1, 0.15) is 12.6 Å². The van der Waals surface area contributed by atoms with Crippen molar-refractivity contribution in [2.45, 2.75) is 52.2 Å². The minimum atomic E-state index is -0.507. The second kappa shape index (κ2) is 9.97. The number of nitrogens with one attached hydrogen (secondary N) is 1. The highest BCUT2D eigenvalue weighted by molar-refractivity contribution is 5.76. The molecular formula is C21H27NO3. The average molecular weight is 341 g/mol. The van der Waals surface area contributed by atoms with Crippen molar-refractivity contribution in [1.29, 1.82) is 0 Å². The Morgan fingerprint density at radius 3 is 1.92 bits per heavy atom. The first-order chi connectivity index (χ1) is 12.1. The van der Waals surface area contributed by atoms with Crippen LogP contribution < -0.4 is 5.32 Å². The Kier molecular flexibility index (Phi) is 7.64. The van der Waals surface area contributed by atoms with Crippen LogP contribution in [0.4, 0.5) is 0 Å². The SMILES string of the molecule is CC(C)NC(C(=O)OCc1ccccc1)C(C)OCc1ccccc1. The predicted octanol–water partition coefficient (Wildman–Crippen LogP) is 3.70. The third kappa shape index (κ3) is 6.69. The van der Waals surface area contributed by atoms with E-state index >= 15 is 0 Å². The summed E-state index contributed by atoms with van der Waals surface area (Å²) in [6, 6.07) is 19.2. The molecule has 4 nitrogen and oxygen atoms in total. The summed E-state index contributed by atoms with van der Waals surface area (Å²) in [5.74, 6) is -0.293. The molecule has 2 aromatic rings. The summed E-state index contributed by atoms with van der Waals surface area (Å²) in [6.07, 6.45) is -0.300. The van der Waals surface area contributed by atoms with Crippen LogP contribution in [0.15, 0.2) is 60.7 Å². The van der Waals surface area contributed by atoms with E-state index in [4.69, 9.17) is 9.47 Å². The number of rotatable bonds is 9. The molecule has 2 aromatic carbocycles. The second-order valence-corrected chi connectivity index (χ2v) is 6.39. The molecule has 0 aromatic heterocycles. The van der Waals surface area contributed by atoms with E-state index < -0.39 is 6.04 Å². The molecule has 0 amide bonds. The van der Waals surface area contributed by atoms with E-state index in [1.807, 2.05) is 81.4 Å². The van der Waals surface area contributed by atoms with Crippen LogP contribution in [-0.2, 0) is 27.5 Å². The zero-order valence-electron chi connectivity index (χ0n) is 15.1. The Labute approximate surface area is 150 Å². The van der Waals surface area contributed by atoms with Gasteiger partial charge in [0.05, 0.1) is 12.7 Å². The van der Waals surface area contributed by atoms with Gasteiger partial charge >= 0.3 is 5.97 Å². The van der Waals surface area contributed by atoms with E-state index in [-0.39, 0.29) is 24.7 Å². The molecule has 1 N–H and O–H groups in total. The van der Waals surface area contributed by atoms with Crippen molar-refractivity contribution < 1.29 is 14.3 Å². The highest BCUT2D eigenvalue weighted by Gasteiger charge is 2.28. The van der Waals surface area contributed by atoms with Gasteiger partial charge in [-0.25, -0.2) is 0 Å². The molecule has 0 aliphatic carbocycles. The lowest BCUT2D eigenvalue weighted by Crippen LogP contribution is -2.49. The molecule has 0 spiro atoms. The van der Waals surface area contributed by atoms with Crippen LogP contribution >= 0.6 is 0 Å². The molecule has 0 bridgehead atoms. The largest absolute Gasteiger partial charge is 0.460 e. The quantitative estimate of drug-likeness (QED) is 0.707. The zero-order chi connectivity index (χ0) is 18.1. The van der Waals surface area contributed by atoms with Crippen LogP contribution in [0.25, 0.3) is 0 Å². The summed E-state index contributed by atoms with van der Waals surface area (Å²) in [4.78, 5) is 12.5. The number of benzene rings is 2. The second-order valence-electron chi connectivity index (χ2n) is 6.39. The smallest absolute Gasteiger partial charge is 0.326 e. The Bertz CT molecular complexity index is 628. The van der Waals surface area contributed by atoms with Crippen molar-refractivity contribution in [3.63, 3.8) is 0 Å². The number of hydrogen-bond donors (Lipinski definition) is 1. The number of hydrogen-bond acceptors (Lipinski definition) is 4. The van der Waals surface area contributed by atoms with Gasteiger partial charge in [-0.2, -0.15) is 0 Å². The fourth-order valence-corrected chi connectivity index (χ4v) is 2.47. The van der Waals surface area contributed by atoms with Crippen LogP contribution in [0.3, 0.4) is 0 Å². The van der Waals surface area contributed by atoms with E-state index in [2.05, 4.69) is 5.32 Å². The molecule has 2 rings (SSSR count). The molecule has 134 valence electrons. The van der Waals surface area contributed by atoms with E-state index in [0.29, 0.717) is 6.61 Å². The van der Waals surface area contributed by atoms with Crippen LogP contribution in [0.2, 0.25) is 0 Å². The highest BCUT2D eigenvalue weighted by atomic mass is 16.5. The molecule has 0 saturated heterocycles. The van der Waals surface area contributed by atoms with Gasteiger partial charge in [-0.1, -0.05) is 74.5 Å². The normalized spacial score (nSPS) is 13.4. The molecule has 0 fully saturated rings. The van der Waals surface area contributed by atoms with Gasteiger partial charge in [-0.15, -0.1) is 0 Å². The molecular weight excluding hydrogens is 314 g/mol. The molecule has 2 unspecified atom stereocenters. The Morgan fingerprint density at radius 1 is 0.880 bits per heavy atom. The Hall–Kier alpha value is -2.17. The first-order valence-corrected chi connectivity index (χ1v) is 8.68. The number of carbonyl (C=O) groups excluding carboxylic acids is 1. The Balaban J connectivity index is 1.92. The minimum absolute atomic E-state index is 0.150. The van der Waals surface area contributed by atoms with Crippen LogP contribution in [0.1, 0.15) is 31.9 Å². The maximum Gasteiger partial charge on any atom is 0.326 e. The monoisotopic (exact) mass is 341 g/mol. The van der Waals surface area contributed by atoms with Gasteiger partial charge in [-0.05, 0) is 18.1 Å². The fraction of sp³-hybridized carbons (Fsp3) is 0.381. The van der Waals surface area contributed by atoms with Gasteiger partial charge in [-0.3, -0.25) is 4.79 Å². The van der Waals surface area contributed by atoms with Crippen LogP contribution in [0.5, 0.6) is 0 Å². The van der Waals surface area contributed by atoms with Crippen molar-refractivity contribution in [3.8, 4) is 0 Å². The van der Waals surface area contributed by atoms with Crippen molar-refractivity contribution in [1.82, 2.24) is 5.32 Å².